The van der Waals surface area contributed by atoms with E-state index < -0.39 is 40.5 Å². The number of rotatable bonds is 25. The van der Waals surface area contributed by atoms with Crippen LogP contribution in [-0.2, 0) is 14.4 Å². The maximum Gasteiger partial charge on any atom is 0.362 e. The van der Waals surface area contributed by atoms with E-state index in [1.54, 1.807) is 0 Å². The predicted molar refractivity (Wildman–Crippen MR) is 147 cm³/mol. The van der Waals surface area contributed by atoms with E-state index in [0.717, 1.165) is 25.7 Å². The zero-order valence-corrected chi connectivity index (χ0v) is 24.1. The molecule has 0 aromatic heterocycles. The molecule has 0 rings (SSSR count). The summed E-state index contributed by atoms with van der Waals surface area (Å²) in [6, 6.07) is -3.55. The van der Waals surface area contributed by atoms with Crippen molar-refractivity contribution in [1.29, 1.82) is 0 Å². The normalized spacial score (nSPS) is 15.8. The molecule has 0 radical (unpaired) electrons. The number of quaternary nitrogens is 1. The lowest BCUT2D eigenvalue weighted by molar-refractivity contribution is -0.969. The summed E-state index contributed by atoms with van der Waals surface area (Å²) >= 11 is 0. The lowest BCUT2D eigenvalue weighted by Crippen LogP contribution is -2.72. The largest absolute Gasteiger partial charge is 0.544 e. The average molecular weight is 526 g/mol. The number of unbranched alkanes of at least 4 members (excludes halogenated alkanes) is 15. The molecule has 0 aromatic rings. The number of aliphatic carboxylic acids is 3. The first-order valence-corrected chi connectivity index (χ1v) is 14.8. The Balaban J connectivity index is 4.11. The topological polar surface area (TPSA) is 115 Å². The summed E-state index contributed by atoms with van der Waals surface area (Å²) in [6.07, 6.45) is 24.7. The minimum atomic E-state index is -1.42. The predicted octanol–water partition coefficient (Wildman–Crippen LogP) is 6.10. The Bertz CT molecular complexity index is 612. The Morgan fingerprint density at radius 1 is 0.622 bits per heavy atom. The fraction of sp³-hybridized carbons (Fsp3) is 0.833. The third-order valence-electron chi connectivity index (χ3n) is 8.04. The smallest absolute Gasteiger partial charge is 0.362 e. The van der Waals surface area contributed by atoms with Gasteiger partial charge in [-0.15, -0.1) is 0 Å². The minimum Gasteiger partial charge on any atom is -0.544 e. The van der Waals surface area contributed by atoms with Gasteiger partial charge in [-0.25, -0.2) is 9.59 Å². The number of hydrogen-bond donors (Lipinski definition) is 2. The SMILES string of the molecule is CC/C=C/CCCCCCCCCCCCCCCCC[N+](C(C)C(=O)[O-])(C(C)C(=O)O)C(C)C(=O)O. The molecule has 3 atom stereocenters. The van der Waals surface area contributed by atoms with Gasteiger partial charge in [-0.3, -0.25) is 4.48 Å². The van der Waals surface area contributed by atoms with Crippen molar-refractivity contribution in [2.75, 3.05) is 6.54 Å². The van der Waals surface area contributed by atoms with Crippen LogP contribution in [0, 0.1) is 0 Å². The number of nitrogens with zero attached hydrogens (tertiary/aromatic N) is 1. The molecule has 0 aromatic carbocycles. The van der Waals surface area contributed by atoms with Crippen molar-refractivity contribution in [3.05, 3.63) is 12.2 Å². The fourth-order valence-corrected chi connectivity index (χ4v) is 5.43. The summed E-state index contributed by atoms with van der Waals surface area (Å²) in [6.45, 7) is 6.52. The van der Waals surface area contributed by atoms with E-state index in [-0.39, 0.29) is 6.54 Å². The van der Waals surface area contributed by atoms with E-state index >= 15 is 0 Å². The van der Waals surface area contributed by atoms with Gasteiger partial charge in [0, 0.05) is 0 Å². The highest BCUT2D eigenvalue weighted by molar-refractivity contribution is 5.76. The molecule has 2 N–H and O–H groups in total. The van der Waals surface area contributed by atoms with E-state index in [2.05, 4.69) is 19.1 Å². The van der Waals surface area contributed by atoms with Crippen LogP contribution in [0.3, 0.4) is 0 Å². The standard InChI is InChI=1S/C30H55NO6/c1-5-6-7-8-9-10-11-12-13-14-15-16-17-18-19-20-21-22-23-24-31(25(2)28(32)33,26(3)29(34)35)27(4)30(36)37/h6-7,25-27H,5,8-24H2,1-4H3,(H2-,32,33,34,35,36,37)/b7-6+. The maximum atomic E-state index is 11.8. The molecule has 0 heterocycles. The summed E-state index contributed by atoms with van der Waals surface area (Å²) < 4.78 is -0.538. The number of hydrogen-bond acceptors (Lipinski definition) is 4. The van der Waals surface area contributed by atoms with E-state index in [4.69, 9.17) is 0 Å². The first-order chi connectivity index (χ1) is 17.6. The van der Waals surface area contributed by atoms with E-state index in [9.17, 15) is 29.7 Å². The van der Waals surface area contributed by atoms with Crippen LogP contribution in [-0.4, -0.2) is 57.3 Å². The monoisotopic (exact) mass is 525 g/mol. The highest BCUT2D eigenvalue weighted by atomic mass is 16.4. The molecule has 0 saturated heterocycles. The summed E-state index contributed by atoms with van der Waals surface area (Å²) in [5.74, 6) is -3.81. The van der Waals surface area contributed by atoms with Crippen molar-refractivity contribution < 1.29 is 34.2 Å². The number of carboxylic acid groups (broad SMARTS) is 3. The molecule has 0 fully saturated rings. The van der Waals surface area contributed by atoms with Crippen molar-refractivity contribution in [1.82, 2.24) is 0 Å². The highest BCUT2D eigenvalue weighted by Gasteiger charge is 2.50. The molecule has 37 heavy (non-hydrogen) atoms. The van der Waals surface area contributed by atoms with Gasteiger partial charge in [0.05, 0.1) is 12.5 Å². The van der Waals surface area contributed by atoms with Crippen LogP contribution in [0.15, 0.2) is 12.2 Å². The van der Waals surface area contributed by atoms with Crippen LogP contribution in [0.2, 0.25) is 0 Å². The van der Waals surface area contributed by atoms with Crippen LogP contribution < -0.4 is 5.11 Å². The van der Waals surface area contributed by atoms with E-state index in [1.165, 1.54) is 97.8 Å². The molecule has 0 saturated carbocycles. The zero-order chi connectivity index (χ0) is 28.1. The third-order valence-corrected chi connectivity index (χ3v) is 8.04. The fourth-order valence-electron chi connectivity index (χ4n) is 5.43. The lowest BCUT2D eigenvalue weighted by Gasteiger charge is -2.49. The second kappa shape index (κ2) is 21.1. The number of carboxylic acids is 3. The van der Waals surface area contributed by atoms with Gasteiger partial charge in [0.2, 0.25) is 0 Å². The molecular formula is C30H55NO6. The molecule has 0 spiro atoms. The quantitative estimate of drug-likeness (QED) is 0.0846. The summed E-state index contributed by atoms with van der Waals surface area (Å²) in [4.78, 5) is 35.2. The Labute approximate surface area is 225 Å². The van der Waals surface area contributed by atoms with Crippen molar-refractivity contribution >= 4 is 17.9 Å². The Kier molecular flexibility index (Phi) is 20.0. The third kappa shape index (κ3) is 14.0. The van der Waals surface area contributed by atoms with Crippen molar-refractivity contribution in [3.63, 3.8) is 0 Å². The first kappa shape index (κ1) is 35.1. The Hall–Kier alpha value is -1.89. The first-order valence-electron chi connectivity index (χ1n) is 14.8. The van der Waals surface area contributed by atoms with Gasteiger partial charge in [-0.2, -0.15) is 0 Å². The molecule has 0 amide bonds. The Morgan fingerprint density at radius 3 is 1.30 bits per heavy atom. The molecule has 0 aliphatic carbocycles. The molecule has 7 heteroatoms. The van der Waals surface area contributed by atoms with Crippen LogP contribution in [0.1, 0.15) is 137 Å². The number of carbonyl (C=O) groups excluding carboxylic acids is 1. The van der Waals surface area contributed by atoms with Crippen LogP contribution >= 0.6 is 0 Å². The van der Waals surface area contributed by atoms with E-state index in [1.807, 2.05) is 0 Å². The number of carbonyl (C=O) groups is 3. The number of allylic oxidation sites excluding steroid dienone is 2. The molecular weight excluding hydrogens is 470 g/mol. The van der Waals surface area contributed by atoms with E-state index in [0.29, 0.717) is 6.42 Å². The van der Waals surface area contributed by atoms with Gasteiger partial charge < -0.3 is 20.1 Å². The maximum absolute atomic E-state index is 11.8. The van der Waals surface area contributed by atoms with Crippen molar-refractivity contribution in [2.24, 2.45) is 0 Å². The van der Waals surface area contributed by atoms with Crippen molar-refractivity contribution in [3.8, 4) is 0 Å². The minimum absolute atomic E-state index is 0.186. The van der Waals surface area contributed by atoms with Crippen LogP contribution in [0.25, 0.3) is 0 Å². The summed E-state index contributed by atoms with van der Waals surface area (Å²) in [5, 5.41) is 30.9. The molecule has 0 aliphatic rings. The highest BCUT2D eigenvalue weighted by Crippen LogP contribution is 2.27. The van der Waals surface area contributed by atoms with Gasteiger partial charge in [-0.1, -0.05) is 96.1 Å². The van der Waals surface area contributed by atoms with Gasteiger partial charge in [0.25, 0.3) is 0 Å². The van der Waals surface area contributed by atoms with Gasteiger partial charge in [0.15, 0.2) is 12.1 Å². The molecule has 3 unspecified atom stereocenters. The summed E-state index contributed by atoms with van der Waals surface area (Å²) in [7, 11) is 0. The second-order valence-corrected chi connectivity index (χ2v) is 10.7. The molecule has 0 aliphatic heterocycles. The van der Waals surface area contributed by atoms with Crippen LogP contribution in [0.4, 0.5) is 0 Å². The molecule has 216 valence electrons. The van der Waals surface area contributed by atoms with Gasteiger partial charge in [0.1, 0.15) is 6.04 Å². The van der Waals surface area contributed by atoms with Crippen molar-refractivity contribution in [2.45, 2.75) is 155 Å². The van der Waals surface area contributed by atoms with Gasteiger partial charge in [-0.05, 0) is 52.9 Å². The Morgan fingerprint density at radius 2 is 0.973 bits per heavy atom. The van der Waals surface area contributed by atoms with Gasteiger partial charge >= 0.3 is 11.9 Å². The zero-order valence-electron chi connectivity index (χ0n) is 24.1. The lowest BCUT2D eigenvalue weighted by atomic mass is 9.99. The second-order valence-electron chi connectivity index (χ2n) is 10.7. The summed E-state index contributed by atoms with van der Waals surface area (Å²) in [5.41, 5.74) is 0. The molecule has 0 bridgehead atoms. The van der Waals surface area contributed by atoms with Crippen LogP contribution in [0.5, 0.6) is 0 Å². The average Bonchev–Trinajstić information content (AvgIpc) is 2.86. The molecule has 7 nitrogen and oxygen atoms in total.